The third kappa shape index (κ3) is 4.07. The number of para-hydroxylation sites is 1. The first-order valence-electron chi connectivity index (χ1n) is 6.74. The van der Waals surface area contributed by atoms with E-state index in [2.05, 4.69) is 5.32 Å². The second kappa shape index (κ2) is 7.40. The van der Waals surface area contributed by atoms with Crippen molar-refractivity contribution in [2.45, 2.75) is 37.3 Å². The second-order valence-corrected chi connectivity index (χ2v) is 7.15. The Hall–Kier alpha value is -0.880. The maximum atomic E-state index is 12.7. The van der Waals surface area contributed by atoms with E-state index in [9.17, 15) is 17.2 Å². The van der Waals surface area contributed by atoms with Crippen LogP contribution in [0.15, 0.2) is 29.2 Å². The molecule has 0 amide bonds. The van der Waals surface area contributed by atoms with Crippen molar-refractivity contribution in [2.24, 2.45) is 5.41 Å². The molecule has 1 aromatic carbocycles. The Kier molecular flexibility index (Phi) is 6.41. The molecule has 1 aromatic rings. The van der Waals surface area contributed by atoms with Crippen molar-refractivity contribution in [3.8, 4) is 0 Å². The fraction of sp³-hybridized carbons (Fsp3) is 0.571. The molecule has 0 aromatic heterocycles. The van der Waals surface area contributed by atoms with Crippen LogP contribution in [-0.2, 0) is 9.84 Å². The lowest BCUT2D eigenvalue weighted by molar-refractivity contribution is 0.235. The Balaban J connectivity index is 3.06. The summed E-state index contributed by atoms with van der Waals surface area (Å²) in [6.45, 7) is 4.42. The molecule has 0 spiro atoms. The molecular weight excluding hydrogens is 320 g/mol. The highest BCUT2D eigenvalue weighted by molar-refractivity contribution is 7.91. The Bertz CT molecular complexity index is 552. The van der Waals surface area contributed by atoms with Crippen molar-refractivity contribution in [3.63, 3.8) is 0 Å². The van der Waals surface area contributed by atoms with Gasteiger partial charge in [-0.15, -0.1) is 11.6 Å². The third-order valence-corrected chi connectivity index (χ3v) is 5.87. The van der Waals surface area contributed by atoms with Crippen LogP contribution >= 0.6 is 11.6 Å². The fourth-order valence-electron chi connectivity index (χ4n) is 1.98. The van der Waals surface area contributed by atoms with Crippen LogP contribution in [0, 0.1) is 5.41 Å². The summed E-state index contributed by atoms with van der Waals surface area (Å²) in [6.07, 6.45) is 1.62. The summed E-state index contributed by atoms with van der Waals surface area (Å²) >= 11 is 5.99. The van der Waals surface area contributed by atoms with Gasteiger partial charge in [-0.2, -0.15) is 8.78 Å². The lowest BCUT2D eigenvalue weighted by atomic mass is 9.84. The van der Waals surface area contributed by atoms with Gasteiger partial charge in [-0.1, -0.05) is 26.0 Å². The SMILES string of the molecule is CCC(CC)(CCl)CNc1ccccc1S(=O)(=O)C(F)F. The van der Waals surface area contributed by atoms with Crippen LogP contribution in [0.25, 0.3) is 0 Å². The van der Waals surface area contributed by atoms with Gasteiger partial charge in [-0.25, -0.2) is 8.42 Å². The van der Waals surface area contributed by atoms with Gasteiger partial charge in [-0.3, -0.25) is 0 Å². The maximum absolute atomic E-state index is 12.7. The predicted molar refractivity (Wildman–Crippen MR) is 81.9 cm³/mol. The molecule has 21 heavy (non-hydrogen) atoms. The van der Waals surface area contributed by atoms with E-state index in [1.54, 1.807) is 6.07 Å². The van der Waals surface area contributed by atoms with Crippen LogP contribution < -0.4 is 5.32 Å². The first-order chi connectivity index (χ1) is 9.83. The highest BCUT2D eigenvalue weighted by atomic mass is 35.5. The minimum absolute atomic E-state index is 0.189. The van der Waals surface area contributed by atoms with Gasteiger partial charge >= 0.3 is 5.76 Å². The van der Waals surface area contributed by atoms with E-state index in [-0.39, 0.29) is 16.0 Å². The molecule has 0 atom stereocenters. The van der Waals surface area contributed by atoms with Crippen molar-refractivity contribution < 1.29 is 17.2 Å². The molecule has 0 unspecified atom stereocenters. The largest absolute Gasteiger partial charge is 0.383 e. The van der Waals surface area contributed by atoms with E-state index in [1.165, 1.54) is 18.2 Å². The Labute approximate surface area is 129 Å². The summed E-state index contributed by atoms with van der Waals surface area (Å²) in [5, 5.41) is 2.97. The lowest BCUT2D eigenvalue weighted by Crippen LogP contribution is -2.31. The van der Waals surface area contributed by atoms with E-state index in [0.29, 0.717) is 12.4 Å². The number of sulfone groups is 1. The summed E-state index contributed by atoms with van der Waals surface area (Å²) in [6, 6.07) is 5.70. The van der Waals surface area contributed by atoms with Crippen molar-refractivity contribution in [2.75, 3.05) is 17.7 Å². The number of benzene rings is 1. The number of alkyl halides is 3. The molecule has 0 saturated carbocycles. The zero-order chi connectivity index (χ0) is 16.1. The minimum atomic E-state index is -4.62. The Morgan fingerprint density at radius 2 is 1.81 bits per heavy atom. The first-order valence-corrected chi connectivity index (χ1v) is 8.82. The quantitative estimate of drug-likeness (QED) is 0.724. The topological polar surface area (TPSA) is 46.2 Å². The third-order valence-electron chi connectivity index (χ3n) is 3.87. The molecule has 0 saturated heterocycles. The molecule has 0 heterocycles. The Morgan fingerprint density at radius 3 is 2.29 bits per heavy atom. The maximum Gasteiger partial charge on any atom is 0.341 e. The molecule has 0 aliphatic heterocycles. The number of hydrogen-bond donors (Lipinski definition) is 1. The van der Waals surface area contributed by atoms with Gasteiger partial charge in [0.2, 0.25) is 9.84 Å². The predicted octanol–water partition coefficient (Wildman–Crippen LogP) is 4.14. The van der Waals surface area contributed by atoms with E-state index in [4.69, 9.17) is 11.6 Å². The van der Waals surface area contributed by atoms with Crippen LogP contribution in [0.3, 0.4) is 0 Å². The van der Waals surface area contributed by atoms with Crippen LogP contribution in [0.1, 0.15) is 26.7 Å². The molecular formula is C14H20ClF2NO2S. The highest BCUT2D eigenvalue weighted by Gasteiger charge is 2.30. The molecule has 1 N–H and O–H groups in total. The smallest absolute Gasteiger partial charge is 0.341 e. The van der Waals surface area contributed by atoms with E-state index in [0.717, 1.165) is 12.8 Å². The second-order valence-electron chi connectivity index (χ2n) is 5.00. The normalized spacial score (nSPS) is 12.7. The van der Waals surface area contributed by atoms with Crippen molar-refractivity contribution in [1.29, 1.82) is 0 Å². The van der Waals surface area contributed by atoms with Crippen molar-refractivity contribution in [3.05, 3.63) is 24.3 Å². The van der Waals surface area contributed by atoms with E-state index in [1.807, 2.05) is 13.8 Å². The highest BCUT2D eigenvalue weighted by Crippen LogP contribution is 2.31. The van der Waals surface area contributed by atoms with Crippen molar-refractivity contribution >= 4 is 27.1 Å². The minimum Gasteiger partial charge on any atom is -0.383 e. The molecule has 0 radical (unpaired) electrons. The molecule has 0 bridgehead atoms. The van der Waals surface area contributed by atoms with Crippen LogP contribution in [0.4, 0.5) is 14.5 Å². The average molecular weight is 340 g/mol. The molecule has 120 valence electrons. The number of rotatable bonds is 8. The van der Waals surface area contributed by atoms with Gasteiger partial charge < -0.3 is 5.32 Å². The van der Waals surface area contributed by atoms with Gasteiger partial charge in [0.15, 0.2) is 0 Å². The van der Waals surface area contributed by atoms with Crippen molar-refractivity contribution in [1.82, 2.24) is 0 Å². The number of anilines is 1. The average Bonchev–Trinajstić information content (AvgIpc) is 2.49. The van der Waals surface area contributed by atoms with Crippen LogP contribution in [0.5, 0.6) is 0 Å². The monoisotopic (exact) mass is 339 g/mol. The first kappa shape index (κ1) is 18.2. The Morgan fingerprint density at radius 1 is 1.24 bits per heavy atom. The van der Waals surface area contributed by atoms with Gasteiger partial charge in [-0.05, 0) is 25.0 Å². The number of nitrogens with one attached hydrogen (secondary N) is 1. The lowest BCUT2D eigenvalue weighted by Gasteiger charge is -2.30. The van der Waals surface area contributed by atoms with E-state index < -0.39 is 15.6 Å². The number of halogens is 3. The molecule has 1 rings (SSSR count). The summed E-state index contributed by atoms with van der Waals surface area (Å²) in [7, 11) is -4.62. The number of hydrogen-bond acceptors (Lipinski definition) is 3. The zero-order valence-corrected chi connectivity index (χ0v) is 13.6. The zero-order valence-electron chi connectivity index (χ0n) is 12.1. The summed E-state index contributed by atoms with van der Waals surface area (Å²) in [5.41, 5.74) is -0.00214. The molecule has 0 aliphatic carbocycles. The summed E-state index contributed by atoms with van der Waals surface area (Å²) < 4.78 is 48.8. The molecule has 0 fully saturated rings. The van der Waals surface area contributed by atoms with Gasteiger partial charge in [0.25, 0.3) is 0 Å². The van der Waals surface area contributed by atoms with Gasteiger partial charge in [0.1, 0.15) is 0 Å². The summed E-state index contributed by atoms with van der Waals surface area (Å²) in [4.78, 5) is -0.379. The van der Waals surface area contributed by atoms with Gasteiger partial charge in [0.05, 0.1) is 10.6 Å². The van der Waals surface area contributed by atoms with Crippen LogP contribution in [0.2, 0.25) is 0 Å². The van der Waals surface area contributed by atoms with Gasteiger partial charge in [0, 0.05) is 17.8 Å². The molecule has 0 aliphatic rings. The summed E-state index contributed by atoms with van der Waals surface area (Å²) in [5.74, 6) is -3.02. The van der Waals surface area contributed by atoms with Crippen LogP contribution in [-0.4, -0.2) is 26.6 Å². The standard InChI is InChI=1S/C14H20ClF2NO2S/c1-3-14(4-2,9-15)10-18-11-7-5-6-8-12(11)21(19,20)13(16)17/h5-8,13,18H,3-4,9-10H2,1-2H3. The fourth-order valence-corrected chi connectivity index (χ4v) is 3.36. The molecule has 3 nitrogen and oxygen atoms in total. The van der Waals surface area contributed by atoms with E-state index >= 15 is 0 Å². The molecule has 7 heteroatoms.